The Hall–Kier alpha value is -1.64. The first kappa shape index (κ1) is 15.4. The molecule has 0 aliphatic rings. The van der Waals surface area contributed by atoms with E-state index in [4.69, 9.17) is 0 Å². The van der Waals surface area contributed by atoms with Crippen LogP contribution in [0.2, 0.25) is 0 Å². The molecule has 94 valence electrons. The van der Waals surface area contributed by atoms with Gasteiger partial charge in [-0.1, -0.05) is 30.4 Å². The zero-order chi connectivity index (χ0) is 13.1. The van der Waals surface area contributed by atoms with Gasteiger partial charge in [0.1, 0.15) is 0 Å². The van der Waals surface area contributed by atoms with Gasteiger partial charge in [-0.15, -0.1) is 0 Å². The summed E-state index contributed by atoms with van der Waals surface area (Å²) in [5.41, 5.74) is 0. The van der Waals surface area contributed by atoms with Crippen molar-refractivity contribution in [3.8, 4) is 0 Å². The molecule has 3 heteroatoms. The molecule has 0 aliphatic carbocycles. The average Bonchev–Trinajstić information content (AvgIpc) is 2.32. The Balaban J connectivity index is 4.43. The van der Waals surface area contributed by atoms with Gasteiger partial charge in [0, 0.05) is 6.42 Å². The Kier molecular flexibility index (Phi) is 8.65. The number of allylic oxidation sites excluding steroid dienone is 6. The van der Waals surface area contributed by atoms with Gasteiger partial charge in [-0.25, -0.2) is 0 Å². The van der Waals surface area contributed by atoms with Crippen molar-refractivity contribution < 1.29 is 14.3 Å². The monoisotopic (exact) mass is 236 g/mol. The normalized spacial score (nSPS) is 13.6. The maximum atomic E-state index is 11.5. The van der Waals surface area contributed by atoms with Crippen LogP contribution in [0.15, 0.2) is 36.5 Å². The van der Waals surface area contributed by atoms with Crippen LogP contribution in [0.25, 0.3) is 0 Å². The Morgan fingerprint density at radius 3 is 2.41 bits per heavy atom. The number of carbonyl (C=O) groups is 2. The molecule has 0 rings (SSSR count). The summed E-state index contributed by atoms with van der Waals surface area (Å²) >= 11 is 0. The summed E-state index contributed by atoms with van der Waals surface area (Å²) in [6, 6.07) is 0. The van der Waals surface area contributed by atoms with Crippen molar-refractivity contribution in [3.63, 3.8) is 0 Å². The number of esters is 1. The van der Waals surface area contributed by atoms with Gasteiger partial charge in [0.25, 0.3) is 0 Å². The fraction of sp³-hybridized carbons (Fsp3) is 0.429. The molecule has 0 aromatic rings. The number of methoxy groups -OCH3 is 1. The lowest BCUT2D eigenvalue weighted by atomic mass is 9.98. The van der Waals surface area contributed by atoms with E-state index < -0.39 is 5.92 Å². The van der Waals surface area contributed by atoms with Gasteiger partial charge in [-0.05, 0) is 26.3 Å². The zero-order valence-electron chi connectivity index (χ0n) is 10.7. The second kappa shape index (κ2) is 9.58. The van der Waals surface area contributed by atoms with Crippen LogP contribution in [0.4, 0.5) is 0 Å². The second-order valence-corrected chi connectivity index (χ2v) is 3.58. The minimum absolute atomic E-state index is 0.0534. The molecule has 0 spiro atoms. The summed E-state index contributed by atoms with van der Waals surface area (Å²) in [6.07, 6.45) is 11.4. The molecule has 0 aromatic heterocycles. The van der Waals surface area contributed by atoms with E-state index in [0.29, 0.717) is 6.42 Å². The molecule has 0 N–H and O–H groups in total. The molecule has 0 fully saturated rings. The molecule has 1 unspecified atom stereocenters. The van der Waals surface area contributed by atoms with E-state index >= 15 is 0 Å². The largest absolute Gasteiger partial charge is 0.469 e. The van der Waals surface area contributed by atoms with E-state index in [1.165, 1.54) is 13.2 Å². The van der Waals surface area contributed by atoms with Crippen LogP contribution in [-0.4, -0.2) is 18.9 Å². The highest BCUT2D eigenvalue weighted by Crippen LogP contribution is 2.12. The number of hydrogen-bond donors (Lipinski definition) is 0. The van der Waals surface area contributed by atoms with Crippen LogP contribution in [0.3, 0.4) is 0 Å². The quantitative estimate of drug-likeness (QED) is 0.388. The van der Waals surface area contributed by atoms with Crippen molar-refractivity contribution in [2.24, 2.45) is 5.92 Å². The maximum Gasteiger partial charge on any atom is 0.309 e. The lowest BCUT2D eigenvalue weighted by Gasteiger charge is -2.10. The molecule has 3 nitrogen and oxygen atoms in total. The third-order valence-corrected chi connectivity index (χ3v) is 2.19. The smallest absolute Gasteiger partial charge is 0.309 e. The molecule has 0 saturated heterocycles. The highest BCUT2D eigenvalue weighted by atomic mass is 16.5. The molecule has 0 aromatic carbocycles. The first-order chi connectivity index (χ1) is 8.15. The van der Waals surface area contributed by atoms with Crippen LogP contribution in [0.1, 0.15) is 26.7 Å². The van der Waals surface area contributed by atoms with Crippen LogP contribution in [0, 0.1) is 5.92 Å². The third-order valence-electron chi connectivity index (χ3n) is 2.19. The highest BCUT2D eigenvalue weighted by molar-refractivity contribution is 5.92. The van der Waals surface area contributed by atoms with Crippen LogP contribution in [-0.2, 0) is 14.3 Å². The molecule has 0 radical (unpaired) electrons. The fourth-order valence-corrected chi connectivity index (χ4v) is 1.36. The van der Waals surface area contributed by atoms with E-state index in [0.717, 1.165) is 0 Å². The van der Waals surface area contributed by atoms with Gasteiger partial charge in [-0.3, -0.25) is 9.59 Å². The van der Waals surface area contributed by atoms with Crippen molar-refractivity contribution in [3.05, 3.63) is 36.5 Å². The molecule has 17 heavy (non-hydrogen) atoms. The second-order valence-electron chi connectivity index (χ2n) is 3.58. The molecule has 0 bridgehead atoms. The maximum absolute atomic E-state index is 11.5. The van der Waals surface area contributed by atoms with Crippen molar-refractivity contribution in [2.75, 3.05) is 7.11 Å². The Morgan fingerprint density at radius 2 is 1.88 bits per heavy atom. The summed E-state index contributed by atoms with van der Waals surface area (Å²) in [5.74, 6) is -0.791. The zero-order valence-corrected chi connectivity index (χ0v) is 10.7. The average molecular weight is 236 g/mol. The van der Waals surface area contributed by atoms with Crippen LogP contribution in [0.5, 0.6) is 0 Å². The van der Waals surface area contributed by atoms with Crippen molar-refractivity contribution in [1.82, 2.24) is 0 Å². The van der Waals surface area contributed by atoms with Crippen molar-refractivity contribution in [2.45, 2.75) is 26.7 Å². The number of hydrogen-bond acceptors (Lipinski definition) is 3. The van der Waals surface area contributed by atoms with Gasteiger partial charge < -0.3 is 4.74 Å². The van der Waals surface area contributed by atoms with Crippen molar-refractivity contribution in [1.29, 1.82) is 0 Å². The minimum Gasteiger partial charge on any atom is -0.469 e. The van der Waals surface area contributed by atoms with E-state index in [2.05, 4.69) is 4.74 Å². The van der Waals surface area contributed by atoms with Gasteiger partial charge in [0.2, 0.25) is 0 Å². The van der Waals surface area contributed by atoms with Crippen molar-refractivity contribution >= 4 is 11.8 Å². The number of ether oxygens (including phenoxy) is 1. The van der Waals surface area contributed by atoms with E-state index in [1.807, 2.05) is 31.2 Å². The summed E-state index contributed by atoms with van der Waals surface area (Å²) in [6.45, 7) is 3.69. The predicted molar refractivity (Wildman–Crippen MR) is 68.5 cm³/mol. The molecule has 0 amide bonds. The van der Waals surface area contributed by atoms with Crippen LogP contribution < -0.4 is 0 Å². The summed E-state index contributed by atoms with van der Waals surface area (Å²) < 4.78 is 4.68. The van der Waals surface area contributed by atoms with Gasteiger partial charge >= 0.3 is 5.97 Å². The molecule has 0 saturated carbocycles. The standard InChI is InChI=1S/C14H20O3/c1-4-6-7-8-10-12(14(16)17-3)11-13(15)9-5-2/h4-9,12H,10-11H2,1-3H3/b6-4+,8-7+,9-5-. The fourth-order valence-electron chi connectivity index (χ4n) is 1.36. The minimum atomic E-state index is -0.398. The van der Waals surface area contributed by atoms with Gasteiger partial charge in [0.15, 0.2) is 5.78 Å². The molecular formula is C14H20O3. The SMILES string of the molecule is C/C=C\C(=O)CC(C/C=C/C=C/C)C(=O)OC. The lowest BCUT2D eigenvalue weighted by molar-refractivity contribution is -0.146. The molecule has 0 heterocycles. The lowest BCUT2D eigenvalue weighted by Crippen LogP contribution is -2.18. The number of carbonyl (C=O) groups excluding carboxylic acids is 2. The Morgan fingerprint density at radius 1 is 1.18 bits per heavy atom. The van der Waals surface area contributed by atoms with E-state index in [9.17, 15) is 9.59 Å². The topological polar surface area (TPSA) is 43.4 Å². The molecule has 1 atom stereocenters. The number of ketones is 1. The van der Waals surface area contributed by atoms with E-state index in [-0.39, 0.29) is 18.2 Å². The van der Waals surface area contributed by atoms with E-state index in [1.54, 1.807) is 13.0 Å². The summed E-state index contributed by atoms with van der Waals surface area (Å²) in [4.78, 5) is 22.9. The Bertz CT molecular complexity index is 324. The first-order valence-corrected chi connectivity index (χ1v) is 5.66. The molecule has 0 aliphatic heterocycles. The third kappa shape index (κ3) is 7.28. The van der Waals surface area contributed by atoms with Crippen LogP contribution >= 0.6 is 0 Å². The van der Waals surface area contributed by atoms with Gasteiger partial charge in [0.05, 0.1) is 13.0 Å². The highest BCUT2D eigenvalue weighted by Gasteiger charge is 2.19. The summed E-state index contributed by atoms with van der Waals surface area (Å²) in [7, 11) is 1.34. The Labute approximate surface area is 103 Å². The number of rotatable bonds is 7. The first-order valence-electron chi connectivity index (χ1n) is 5.66. The van der Waals surface area contributed by atoms with Gasteiger partial charge in [-0.2, -0.15) is 0 Å². The summed E-state index contributed by atoms with van der Waals surface area (Å²) in [5, 5.41) is 0. The molecular weight excluding hydrogens is 216 g/mol. The predicted octanol–water partition coefficient (Wildman–Crippen LogP) is 2.83.